The number of likely N-dealkylation sites (N-methyl/N-ethyl adjacent to an activating group) is 1. The van der Waals surface area contributed by atoms with Crippen LogP contribution < -0.4 is 15.2 Å². The first-order valence-corrected chi connectivity index (χ1v) is 10.5. The highest BCUT2D eigenvalue weighted by Crippen LogP contribution is 2.39. The molecular weight excluding hydrogens is 433 g/mol. The highest BCUT2D eigenvalue weighted by atomic mass is 19.4. The van der Waals surface area contributed by atoms with Crippen molar-refractivity contribution in [3.05, 3.63) is 60.6 Å². The summed E-state index contributed by atoms with van der Waals surface area (Å²) in [6.07, 6.45) is 0.487. The van der Waals surface area contributed by atoms with E-state index in [0.717, 1.165) is 30.2 Å². The molecule has 170 valence electrons. The summed E-state index contributed by atoms with van der Waals surface area (Å²) in [7, 11) is 1.97. The molecule has 0 aliphatic carbocycles. The fourth-order valence-corrected chi connectivity index (χ4v) is 3.93. The van der Waals surface area contributed by atoms with Crippen LogP contribution in [-0.2, 0) is 6.18 Å². The molecule has 0 bridgehead atoms. The first kappa shape index (κ1) is 21.1. The van der Waals surface area contributed by atoms with Crippen molar-refractivity contribution in [2.24, 2.45) is 0 Å². The average molecular weight is 455 g/mol. The van der Waals surface area contributed by atoms with E-state index < -0.39 is 11.7 Å². The number of H-pyrrole nitrogens is 1. The Morgan fingerprint density at radius 2 is 1.85 bits per heavy atom. The van der Waals surface area contributed by atoms with Crippen molar-refractivity contribution in [1.82, 2.24) is 24.7 Å². The second-order valence-corrected chi connectivity index (χ2v) is 7.92. The summed E-state index contributed by atoms with van der Waals surface area (Å²) in [4.78, 5) is 11.4. The lowest BCUT2D eigenvalue weighted by molar-refractivity contribution is -0.364. The Morgan fingerprint density at radius 1 is 1.03 bits per heavy atom. The number of rotatable bonds is 4. The number of benzene rings is 1. The predicted molar refractivity (Wildman–Crippen MR) is 117 cm³/mol. The van der Waals surface area contributed by atoms with E-state index >= 15 is 0 Å². The highest BCUT2D eigenvalue weighted by Gasteiger charge is 2.36. The van der Waals surface area contributed by atoms with Gasteiger partial charge in [-0.2, -0.15) is 28.0 Å². The van der Waals surface area contributed by atoms with E-state index in [0.29, 0.717) is 30.4 Å². The summed E-state index contributed by atoms with van der Waals surface area (Å²) < 4.78 is 43.2. The zero-order valence-electron chi connectivity index (χ0n) is 17.8. The Labute approximate surface area is 187 Å². The lowest BCUT2D eigenvalue weighted by Crippen LogP contribution is -2.45. The lowest BCUT2D eigenvalue weighted by Gasteiger charge is -2.35. The van der Waals surface area contributed by atoms with E-state index in [9.17, 15) is 13.2 Å². The predicted octanol–water partition coefficient (Wildman–Crippen LogP) is 3.12. The molecule has 1 aliphatic rings. The van der Waals surface area contributed by atoms with Gasteiger partial charge >= 0.3 is 12.1 Å². The van der Waals surface area contributed by atoms with Crippen LogP contribution in [0, 0.1) is 0 Å². The Kier molecular flexibility index (Phi) is 5.33. The van der Waals surface area contributed by atoms with Crippen LogP contribution in [0.1, 0.15) is 5.56 Å². The molecular formula is C22H22F3N8+. The molecule has 8 nitrogen and oxygen atoms in total. The van der Waals surface area contributed by atoms with Crippen molar-refractivity contribution in [2.75, 3.05) is 43.4 Å². The molecule has 4 aromatic rings. The second kappa shape index (κ2) is 8.32. The maximum atomic E-state index is 13.9. The van der Waals surface area contributed by atoms with Crippen molar-refractivity contribution in [1.29, 1.82) is 0 Å². The van der Waals surface area contributed by atoms with E-state index in [1.54, 1.807) is 41.7 Å². The quantitative estimate of drug-likeness (QED) is 0.510. The maximum absolute atomic E-state index is 13.9. The normalized spacial score (nSPS) is 15.2. The number of alkyl halides is 3. The third kappa shape index (κ3) is 4.31. The minimum atomic E-state index is -4.47. The third-order valence-electron chi connectivity index (χ3n) is 5.68. The van der Waals surface area contributed by atoms with Crippen LogP contribution >= 0.6 is 0 Å². The fraction of sp³-hybridized carbons (Fsp3) is 0.273. The average Bonchev–Trinajstić information content (AvgIpc) is 3.24. The van der Waals surface area contributed by atoms with E-state index in [1.807, 2.05) is 13.1 Å². The molecule has 2 N–H and O–H groups in total. The molecule has 0 amide bonds. The minimum absolute atomic E-state index is 0.200. The first-order valence-electron chi connectivity index (χ1n) is 10.5. The Morgan fingerprint density at radius 3 is 2.64 bits per heavy atom. The number of nitrogens with one attached hydrogen (secondary N) is 2. The highest BCUT2D eigenvalue weighted by molar-refractivity contribution is 5.77. The second-order valence-electron chi connectivity index (χ2n) is 7.92. The number of piperazine rings is 1. The van der Waals surface area contributed by atoms with E-state index in [-0.39, 0.29) is 5.69 Å². The standard InChI is InChI=1S/C22H21F3N8/c1-31-9-11-32(12-10-31)20-5-4-15(13-17(20)22(23,24)25)29-21-26-8-6-18(30-21)16-14-28-33-19(16)3-2-7-27-33/h2-8,13-14H,9-12H2,1H3,(H,26,29,30)/p+1. The van der Waals surface area contributed by atoms with Gasteiger partial charge < -0.3 is 9.80 Å². The molecule has 1 aromatic carbocycles. The summed E-state index contributed by atoms with van der Waals surface area (Å²) in [6, 6.07) is 9.74. The number of fused-ring (bicyclic) bond motifs is 1. The molecule has 5 rings (SSSR count). The van der Waals surface area contributed by atoms with E-state index in [2.05, 4.69) is 30.4 Å². The molecule has 0 spiro atoms. The van der Waals surface area contributed by atoms with Gasteiger partial charge in [0.2, 0.25) is 0 Å². The lowest BCUT2D eigenvalue weighted by atomic mass is 10.1. The van der Waals surface area contributed by atoms with E-state index in [4.69, 9.17) is 0 Å². The Bertz CT molecular complexity index is 1280. The molecule has 11 heteroatoms. The number of hydrogen-bond acceptors (Lipinski definition) is 6. The topological polar surface area (TPSA) is 75.7 Å². The van der Waals surface area contributed by atoms with Crippen LogP contribution in [-0.4, -0.2) is 57.9 Å². The minimum Gasteiger partial charge on any atom is -0.368 e. The maximum Gasteiger partial charge on any atom is 0.418 e. The molecule has 1 aliphatic heterocycles. The number of nitrogens with zero attached hydrogens (tertiary/aromatic N) is 6. The number of anilines is 3. The first-order chi connectivity index (χ1) is 15.9. The number of hydrogen-bond donors (Lipinski definition) is 1. The van der Waals surface area contributed by atoms with Gasteiger partial charge in [-0.05, 0) is 37.4 Å². The molecule has 0 saturated carbocycles. The number of aromatic amines is 1. The van der Waals surface area contributed by atoms with Crippen LogP contribution in [0.25, 0.3) is 16.8 Å². The van der Waals surface area contributed by atoms with Crippen LogP contribution in [0.15, 0.2) is 55.0 Å². The SMILES string of the molecule is CN1CCN(c2ccc(Nc3nc(-c4cnn5ncccc45)cc[nH+]3)cc2C(F)(F)F)CC1. The van der Waals surface area contributed by atoms with Crippen LogP contribution in [0.2, 0.25) is 0 Å². The molecule has 4 heterocycles. The van der Waals surface area contributed by atoms with Gasteiger partial charge in [-0.1, -0.05) is 4.98 Å². The zero-order chi connectivity index (χ0) is 23.0. The van der Waals surface area contributed by atoms with Crippen LogP contribution in [0.5, 0.6) is 0 Å². The molecule has 1 saturated heterocycles. The smallest absolute Gasteiger partial charge is 0.368 e. The van der Waals surface area contributed by atoms with Gasteiger partial charge in [0.15, 0.2) is 5.69 Å². The third-order valence-corrected chi connectivity index (χ3v) is 5.68. The molecule has 1 fully saturated rings. The van der Waals surface area contributed by atoms with Gasteiger partial charge in [0.1, 0.15) is 0 Å². The van der Waals surface area contributed by atoms with Crippen molar-refractivity contribution in [2.45, 2.75) is 6.18 Å². The Hall–Kier alpha value is -3.73. The van der Waals surface area contributed by atoms with E-state index in [1.165, 1.54) is 10.7 Å². The monoisotopic (exact) mass is 455 g/mol. The summed E-state index contributed by atoms with van der Waals surface area (Å²) in [5, 5.41) is 11.3. The fourth-order valence-electron chi connectivity index (χ4n) is 3.93. The summed E-state index contributed by atoms with van der Waals surface area (Å²) in [5.74, 6) is 0.316. The molecule has 0 radical (unpaired) electrons. The summed E-state index contributed by atoms with van der Waals surface area (Å²) >= 11 is 0. The van der Waals surface area contributed by atoms with Crippen molar-refractivity contribution in [3.63, 3.8) is 0 Å². The molecule has 33 heavy (non-hydrogen) atoms. The van der Waals surface area contributed by atoms with Gasteiger partial charge in [-0.15, -0.1) is 0 Å². The zero-order valence-corrected chi connectivity index (χ0v) is 17.8. The van der Waals surface area contributed by atoms with Crippen molar-refractivity contribution >= 4 is 22.8 Å². The number of halogens is 3. The van der Waals surface area contributed by atoms with Crippen LogP contribution in [0.3, 0.4) is 0 Å². The van der Waals surface area contributed by atoms with Gasteiger partial charge in [-0.3, -0.25) is 0 Å². The van der Waals surface area contributed by atoms with Crippen molar-refractivity contribution < 1.29 is 18.2 Å². The van der Waals surface area contributed by atoms with Gasteiger partial charge in [-0.25, -0.2) is 10.3 Å². The molecule has 0 unspecified atom stereocenters. The van der Waals surface area contributed by atoms with Gasteiger partial charge in [0.25, 0.3) is 0 Å². The summed E-state index contributed by atoms with van der Waals surface area (Å²) in [5.41, 5.74) is 1.99. The van der Waals surface area contributed by atoms with Crippen LogP contribution in [0.4, 0.5) is 30.5 Å². The summed E-state index contributed by atoms with van der Waals surface area (Å²) in [6.45, 7) is 2.56. The molecule has 0 atom stereocenters. The number of aromatic nitrogens is 5. The largest absolute Gasteiger partial charge is 0.418 e. The Balaban J connectivity index is 1.44. The molecule has 3 aromatic heterocycles. The van der Waals surface area contributed by atoms with Gasteiger partial charge in [0, 0.05) is 44.1 Å². The van der Waals surface area contributed by atoms with Gasteiger partial charge in [0.05, 0.1) is 34.7 Å². The van der Waals surface area contributed by atoms with Crippen molar-refractivity contribution in [3.8, 4) is 11.3 Å².